The van der Waals surface area contributed by atoms with Crippen LogP contribution in [0.5, 0.6) is 28.7 Å². The Morgan fingerprint density at radius 2 is 1.66 bits per heavy atom. The molecule has 0 bridgehead atoms. The van der Waals surface area contributed by atoms with Crippen molar-refractivity contribution in [3.63, 3.8) is 0 Å². The molecule has 2 heterocycles. The van der Waals surface area contributed by atoms with Crippen LogP contribution in [0.4, 0.5) is 0 Å². The average Bonchev–Trinajstić information content (AvgIpc) is 2.86. The van der Waals surface area contributed by atoms with Gasteiger partial charge in [0.1, 0.15) is 41.8 Å². The van der Waals surface area contributed by atoms with E-state index in [9.17, 15) is 35.4 Å². The van der Waals surface area contributed by atoms with Crippen LogP contribution in [0.15, 0.2) is 39.7 Å². The second-order valence-electron chi connectivity index (χ2n) is 7.81. The van der Waals surface area contributed by atoms with E-state index in [1.54, 1.807) is 0 Å². The van der Waals surface area contributed by atoms with E-state index in [0.717, 1.165) is 12.3 Å². The molecular weight excluding hydrogens is 468 g/mol. The standard InChI is InChI=1S/C23H24O12/c1-31-13-5-9(3-4-11(13)25)10-8-33-22-16(17(10)27)14(32-2)6-12(26)21(22)35-23-20(30)19(29)18(28)15(7-24)34-23/h3-6,8,15,18-20,23-26,28-30H,7H2,1-2H3/t15-,18-,19+,20-,23+/m1/s1. The molecule has 0 aliphatic carbocycles. The molecule has 6 N–H and O–H groups in total. The Labute approximate surface area is 197 Å². The first-order valence-corrected chi connectivity index (χ1v) is 10.4. The Morgan fingerprint density at radius 3 is 2.31 bits per heavy atom. The van der Waals surface area contributed by atoms with E-state index in [4.69, 9.17) is 23.4 Å². The highest BCUT2D eigenvalue weighted by atomic mass is 16.7. The van der Waals surface area contributed by atoms with E-state index >= 15 is 0 Å². The quantitative estimate of drug-likeness (QED) is 0.272. The second-order valence-corrected chi connectivity index (χ2v) is 7.81. The van der Waals surface area contributed by atoms with E-state index in [-0.39, 0.29) is 33.8 Å². The zero-order chi connectivity index (χ0) is 25.4. The lowest BCUT2D eigenvalue weighted by Gasteiger charge is -2.39. The zero-order valence-corrected chi connectivity index (χ0v) is 18.6. The normalized spacial score (nSPS) is 24.3. The topological polar surface area (TPSA) is 189 Å². The largest absolute Gasteiger partial charge is 0.504 e. The maximum Gasteiger partial charge on any atom is 0.229 e. The van der Waals surface area contributed by atoms with Gasteiger partial charge >= 0.3 is 0 Å². The number of benzene rings is 2. The number of hydrogen-bond donors (Lipinski definition) is 6. The van der Waals surface area contributed by atoms with Crippen molar-refractivity contribution in [1.29, 1.82) is 0 Å². The summed E-state index contributed by atoms with van der Waals surface area (Å²) in [6.45, 7) is -0.686. The van der Waals surface area contributed by atoms with Gasteiger partial charge in [-0.1, -0.05) is 6.07 Å². The van der Waals surface area contributed by atoms with Gasteiger partial charge in [0.15, 0.2) is 22.8 Å². The second kappa shape index (κ2) is 9.60. The number of methoxy groups -OCH3 is 2. The number of aliphatic hydroxyl groups is 4. The molecule has 0 unspecified atom stereocenters. The molecule has 12 heteroatoms. The van der Waals surface area contributed by atoms with Crippen molar-refractivity contribution in [2.45, 2.75) is 30.7 Å². The van der Waals surface area contributed by atoms with Crippen LogP contribution in [0.2, 0.25) is 0 Å². The van der Waals surface area contributed by atoms with Crippen LogP contribution in [0.25, 0.3) is 22.1 Å². The summed E-state index contributed by atoms with van der Waals surface area (Å²) in [5, 5.41) is 59.9. The molecule has 3 aromatic rings. The van der Waals surface area contributed by atoms with E-state index in [0.29, 0.717) is 5.56 Å². The van der Waals surface area contributed by atoms with Crippen molar-refractivity contribution in [3.8, 4) is 39.9 Å². The van der Waals surface area contributed by atoms with Crippen LogP contribution in [-0.2, 0) is 4.74 Å². The molecule has 4 rings (SSSR count). The summed E-state index contributed by atoms with van der Waals surface area (Å²) in [6.07, 6.45) is -6.89. The highest BCUT2D eigenvalue weighted by Crippen LogP contribution is 2.42. The van der Waals surface area contributed by atoms with Gasteiger partial charge in [0.2, 0.25) is 17.5 Å². The van der Waals surface area contributed by atoms with Crippen molar-refractivity contribution in [1.82, 2.24) is 0 Å². The SMILES string of the molecule is COc1cc(-c2coc3c(O[C@@H]4O[C@H](CO)[C@@H](O)[C@H](O)[C@H]4O)c(O)cc(OC)c3c2=O)ccc1O. The summed E-state index contributed by atoms with van der Waals surface area (Å²) in [7, 11) is 2.64. The monoisotopic (exact) mass is 492 g/mol. The van der Waals surface area contributed by atoms with Crippen molar-refractivity contribution < 1.29 is 54.0 Å². The number of ether oxygens (including phenoxy) is 4. The first kappa shape index (κ1) is 24.6. The molecule has 188 valence electrons. The third kappa shape index (κ3) is 4.22. The first-order chi connectivity index (χ1) is 16.7. The molecule has 1 aliphatic heterocycles. The number of phenolic OH excluding ortho intramolecular Hbond substituents is 2. The minimum atomic E-state index is -1.76. The van der Waals surface area contributed by atoms with Crippen LogP contribution >= 0.6 is 0 Å². The number of aromatic hydroxyl groups is 2. The van der Waals surface area contributed by atoms with Crippen LogP contribution in [-0.4, -0.2) is 82.2 Å². The molecule has 12 nitrogen and oxygen atoms in total. The lowest BCUT2D eigenvalue weighted by molar-refractivity contribution is -0.277. The van der Waals surface area contributed by atoms with Gasteiger partial charge in [-0.05, 0) is 17.7 Å². The maximum atomic E-state index is 13.4. The van der Waals surface area contributed by atoms with E-state index < -0.39 is 54.2 Å². The van der Waals surface area contributed by atoms with Crippen LogP contribution < -0.4 is 19.6 Å². The number of phenols is 2. The van der Waals surface area contributed by atoms with E-state index in [1.807, 2.05) is 0 Å². The maximum absolute atomic E-state index is 13.4. The van der Waals surface area contributed by atoms with Crippen molar-refractivity contribution >= 4 is 11.0 Å². The predicted molar refractivity (Wildman–Crippen MR) is 119 cm³/mol. The molecule has 1 saturated heterocycles. The molecule has 2 aromatic carbocycles. The molecular formula is C23H24O12. The molecule has 0 saturated carbocycles. The van der Waals surface area contributed by atoms with Crippen molar-refractivity contribution in [2.75, 3.05) is 20.8 Å². The summed E-state index contributed by atoms with van der Waals surface area (Å²) in [4.78, 5) is 13.4. The van der Waals surface area contributed by atoms with Crippen LogP contribution in [0.1, 0.15) is 0 Å². The Morgan fingerprint density at radius 1 is 0.943 bits per heavy atom. The van der Waals surface area contributed by atoms with Gasteiger partial charge in [-0.25, -0.2) is 0 Å². The summed E-state index contributed by atoms with van der Waals surface area (Å²) < 4.78 is 26.9. The lowest BCUT2D eigenvalue weighted by atomic mass is 9.99. The minimum Gasteiger partial charge on any atom is -0.504 e. The predicted octanol–water partition coefficient (Wildman–Crippen LogP) is 0.0671. The molecule has 1 fully saturated rings. The van der Waals surface area contributed by atoms with Crippen molar-refractivity contribution in [2.24, 2.45) is 0 Å². The molecule has 0 spiro atoms. The molecule has 1 aliphatic rings. The minimum absolute atomic E-state index is 0.0417. The van der Waals surface area contributed by atoms with Gasteiger partial charge in [0.25, 0.3) is 0 Å². The smallest absolute Gasteiger partial charge is 0.229 e. The van der Waals surface area contributed by atoms with E-state index in [1.165, 1.54) is 32.4 Å². The average molecular weight is 492 g/mol. The van der Waals surface area contributed by atoms with Crippen LogP contribution in [0.3, 0.4) is 0 Å². The molecule has 0 amide bonds. The van der Waals surface area contributed by atoms with Crippen LogP contribution in [0, 0.1) is 0 Å². The lowest BCUT2D eigenvalue weighted by Crippen LogP contribution is -2.60. The van der Waals surface area contributed by atoms with E-state index in [2.05, 4.69) is 0 Å². The molecule has 1 aromatic heterocycles. The fraction of sp³-hybridized carbons (Fsp3) is 0.348. The summed E-state index contributed by atoms with van der Waals surface area (Å²) in [5.74, 6) is -0.976. The number of aliphatic hydroxyl groups excluding tert-OH is 4. The number of fused-ring (bicyclic) bond motifs is 1. The number of hydrogen-bond acceptors (Lipinski definition) is 12. The highest BCUT2D eigenvalue weighted by molar-refractivity contribution is 5.93. The summed E-state index contributed by atoms with van der Waals surface area (Å²) >= 11 is 0. The summed E-state index contributed by atoms with van der Waals surface area (Å²) in [5.41, 5.74) is -0.381. The fourth-order valence-corrected chi connectivity index (χ4v) is 3.84. The third-order valence-corrected chi connectivity index (χ3v) is 5.74. The van der Waals surface area contributed by atoms with Gasteiger partial charge in [0, 0.05) is 6.07 Å². The highest BCUT2D eigenvalue weighted by Gasteiger charge is 2.45. The number of rotatable bonds is 6. The Bertz CT molecular complexity index is 1280. The van der Waals surface area contributed by atoms with Gasteiger partial charge in [-0.2, -0.15) is 0 Å². The third-order valence-electron chi connectivity index (χ3n) is 5.74. The van der Waals surface area contributed by atoms with Crippen molar-refractivity contribution in [3.05, 3.63) is 40.8 Å². The van der Waals surface area contributed by atoms with Gasteiger partial charge in [-0.15, -0.1) is 0 Å². The molecule has 0 radical (unpaired) electrons. The Kier molecular flexibility index (Phi) is 6.74. The Hall–Kier alpha value is -3.55. The first-order valence-electron chi connectivity index (χ1n) is 10.4. The Balaban J connectivity index is 1.84. The van der Waals surface area contributed by atoms with Gasteiger partial charge in [0.05, 0.1) is 26.4 Å². The zero-order valence-electron chi connectivity index (χ0n) is 18.6. The fourth-order valence-electron chi connectivity index (χ4n) is 3.84. The van der Waals surface area contributed by atoms with Gasteiger partial charge in [-0.3, -0.25) is 4.79 Å². The molecule has 35 heavy (non-hydrogen) atoms. The summed E-state index contributed by atoms with van der Waals surface area (Å²) in [6, 6.07) is 5.36. The van der Waals surface area contributed by atoms with Gasteiger partial charge < -0.3 is 54.0 Å². The molecule has 5 atom stereocenters.